The Kier molecular flexibility index (Phi) is 3.03. The third-order valence-electron chi connectivity index (χ3n) is 5.04. The third-order valence-corrected chi connectivity index (χ3v) is 5.87. The summed E-state index contributed by atoms with van der Waals surface area (Å²) >= 11 is 3.69. The van der Waals surface area contributed by atoms with Crippen molar-refractivity contribution in [2.24, 2.45) is 0 Å². The van der Waals surface area contributed by atoms with Gasteiger partial charge >= 0.3 is 5.97 Å². The van der Waals surface area contributed by atoms with Crippen LogP contribution in [0.2, 0.25) is 0 Å². The Bertz CT molecular complexity index is 639. The lowest BCUT2D eigenvalue weighted by Gasteiger charge is -2.21. The van der Waals surface area contributed by atoms with Crippen LogP contribution >= 0.6 is 15.9 Å². The summed E-state index contributed by atoms with van der Waals surface area (Å²) in [6, 6.07) is 0. The van der Waals surface area contributed by atoms with Crippen LogP contribution < -0.4 is 9.47 Å². The minimum atomic E-state index is -0.735. The van der Waals surface area contributed by atoms with Crippen molar-refractivity contribution in [1.82, 2.24) is 0 Å². The first kappa shape index (κ1) is 14.4. The number of aliphatic carboxylic acids is 1. The molecule has 2 unspecified atom stereocenters. The molecule has 1 N–H and O–H groups in total. The van der Waals surface area contributed by atoms with E-state index in [2.05, 4.69) is 29.8 Å². The second-order valence-corrected chi connectivity index (χ2v) is 7.71. The van der Waals surface area contributed by atoms with Crippen molar-refractivity contribution < 1.29 is 19.4 Å². The van der Waals surface area contributed by atoms with Gasteiger partial charge in [-0.2, -0.15) is 0 Å². The number of ether oxygens (including phenoxy) is 2. The Balaban J connectivity index is 1.93. The van der Waals surface area contributed by atoms with Gasteiger partial charge in [0, 0.05) is 34.9 Å². The van der Waals surface area contributed by atoms with Crippen molar-refractivity contribution in [3.05, 3.63) is 21.2 Å². The fraction of sp³-hybridized carbons (Fsp3) is 0.588. The first-order valence-electron chi connectivity index (χ1n) is 7.84. The minimum absolute atomic E-state index is 0.130. The summed E-state index contributed by atoms with van der Waals surface area (Å²) in [5.41, 5.74) is 3.17. The molecule has 0 amide bonds. The summed E-state index contributed by atoms with van der Waals surface area (Å²) in [5.74, 6) is 1.10. The molecule has 1 saturated carbocycles. The number of carboxylic acids is 1. The van der Waals surface area contributed by atoms with Gasteiger partial charge in [-0.1, -0.05) is 0 Å². The minimum Gasteiger partial charge on any atom is -0.490 e. The number of benzene rings is 1. The quantitative estimate of drug-likeness (QED) is 0.887. The van der Waals surface area contributed by atoms with E-state index in [-0.39, 0.29) is 24.0 Å². The summed E-state index contributed by atoms with van der Waals surface area (Å²) in [6.07, 6.45) is 3.96. The molecule has 2 atom stereocenters. The SMILES string of the molecule is CC1Cc2c(c(Br)c3c(c2C2(CC(=O)O)CC2)OC(C)C3)O1. The predicted octanol–water partition coefficient (Wildman–Crippen LogP) is 3.60. The highest BCUT2D eigenvalue weighted by molar-refractivity contribution is 9.10. The highest BCUT2D eigenvalue weighted by atomic mass is 79.9. The first-order chi connectivity index (χ1) is 10.4. The zero-order chi connectivity index (χ0) is 15.6. The third kappa shape index (κ3) is 1.98. The molecule has 0 saturated heterocycles. The molecular weight excluding hydrogens is 348 g/mol. The number of rotatable bonds is 3. The molecule has 1 aromatic carbocycles. The number of carbonyl (C=O) groups is 1. The van der Waals surface area contributed by atoms with Gasteiger partial charge < -0.3 is 14.6 Å². The first-order valence-corrected chi connectivity index (χ1v) is 8.63. The largest absolute Gasteiger partial charge is 0.490 e. The lowest BCUT2D eigenvalue weighted by molar-refractivity contribution is -0.137. The molecule has 1 aromatic rings. The van der Waals surface area contributed by atoms with Gasteiger partial charge in [0.15, 0.2) is 0 Å². The summed E-state index contributed by atoms with van der Waals surface area (Å²) < 4.78 is 13.1. The molecule has 2 aliphatic heterocycles. The van der Waals surface area contributed by atoms with Gasteiger partial charge in [0.25, 0.3) is 0 Å². The predicted molar refractivity (Wildman–Crippen MR) is 84.9 cm³/mol. The average Bonchev–Trinajstić information content (AvgIpc) is 2.90. The van der Waals surface area contributed by atoms with E-state index in [1.165, 1.54) is 0 Å². The van der Waals surface area contributed by atoms with Crippen molar-refractivity contribution in [3.63, 3.8) is 0 Å². The highest BCUT2D eigenvalue weighted by Gasteiger charge is 2.52. The zero-order valence-electron chi connectivity index (χ0n) is 12.7. The van der Waals surface area contributed by atoms with Gasteiger partial charge in [0.1, 0.15) is 23.7 Å². The molecule has 4 rings (SSSR count). The maximum Gasteiger partial charge on any atom is 0.304 e. The molecule has 3 aliphatic rings. The Morgan fingerprint density at radius 2 is 1.77 bits per heavy atom. The maximum absolute atomic E-state index is 11.3. The molecule has 118 valence electrons. The average molecular weight is 367 g/mol. The van der Waals surface area contributed by atoms with Gasteiger partial charge in [-0.3, -0.25) is 4.79 Å². The van der Waals surface area contributed by atoms with Gasteiger partial charge in [0.2, 0.25) is 0 Å². The fourth-order valence-corrected chi connectivity index (χ4v) is 4.65. The Morgan fingerprint density at radius 3 is 2.36 bits per heavy atom. The van der Waals surface area contributed by atoms with E-state index >= 15 is 0 Å². The van der Waals surface area contributed by atoms with Crippen LogP contribution in [-0.4, -0.2) is 23.3 Å². The zero-order valence-corrected chi connectivity index (χ0v) is 14.3. The molecule has 0 aromatic heterocycles. The van der Waals surface area contributed by atoms with E-state index < -0.39 is 5.97 Å². The smallest absolute Gasteiger partial charge is 0.304 e. The molecule has 0 radical (unpaired) electrons. The standard InChI is InChI=1S/C17H19BrO4/c1-8-5-10-13(17(3-4-17)7-12(19)20)15-11(6-9(2)21-15)14(18)16(10)22-8/h8-9H,3-7H2,1-2H3,(H,19,20). The Morgan fingerprint density at radius 1 is 1.18 bits per heavy atom. The Labute approximate surface area is 137 Å². The van der Waals surface area contributed by atoms with Crippen molar-refractivity contribution in [2.45, 2.75) is 63.6 Å². The van der Waals surface area contributed by atoms with E-state index in [0.29, 0.717) is 0 Å². The van der Waals surface area contributed by atoms with Crippen molar-refractivity contribution in [3.8, 4) is 11.5 Å². The van der Waals surface area contributed by atoms with Crippen LogP contribution in [-0.2, 0) is 23.1 Å². The van der Waals surface area contributed by atoms with Crippen molar-refractivity contribution >= 4 is 21.9 Å². The lowest BCUT2D eigenvalue weighted by atomic mass is 9.84. The van der Waals surface area contributed by atoms with Crippen LogP contribution in [0.25, 0.3) is 0 Å². The maximum atomic E-state index is 11.3. The molecular formula is C17H19BrO4. The highest BCUT2D eigenvalue weighted by Crippen LogP contribution is 2.61. The van der Waals surface area contributed by atoms with Crippen LogP contribution in [0.1, 0.15) is 49.8 Å². The summed E-state index contributed by atoms with van der Waals surface area (Å²) in [5, 5.41) is 9.32. The van der Waals surface area contributed by atoms with Crippen LogP contribution in [0.5, 0.6) is 11.5 Å². The molecule has 0 spiro atoms. The van der Waals surface area contributed by atoms with E-state index in [1.54, 1.807) is 0 Å². The Hall–Kier alpha value is -1.23. The normalized spacial score (nSPS) is 26.9. The summed E-state index contributed by atoms with van der Waals surface area (Å²) in [7, 11) is 0. The topological polar surface area (TPSA) is 55.8 Å². The second kappa shape index (κ2) is 4.63. The number of carboxylic acid groups (broad SMARTS) is 1. The molecule has 1 fully saturated rings. The van der Waals surface area contributed by atoms with E-state index in [4.69, 9.17) is 9.47 Å². The van der Waals surface area contributed by atoms with Crippen LogP contribution in [0, 0.1) is 0 Å². The molecule has 0 bridgehead atoms. The van der Waals surface area contributed by atoms with Gasteiger partial charge in [-0.15, -0.1) is 0 Å². The number of hydrogen-bond acceptors (Lipinski definition) is 3. The van der Waals surface area contributed by atoms with Crippen LogP contribution in [0.3, 0.4) is 0 Å². The summed E-state index contributed by atoms with van der Waals surface area (Å²) in [6.45, 7) is 4.11. The number of halogens is 1. The van der Waals surface area contributed by atoms with E-state index in [1.807, 2.05) is 0 Å². The fourth-order valence-electron chi connectivity index (χ4n) is 3.98. The van der Waals surface area contributed by atoms with Crippen molar-refractivity contribution in [1.29, 1.82) is 0 Å². The van der Waals surface area contributed by atoms with Gasteiger partial charge in [0.05, 0.1) is 10.9 Å². The van der Waals surface area contributed by atoms with Gasteiger partial charge in [-0.25, -0.2) is 0 Å². The number of hydrogen-bond donors (Lipinski definition) is 1. The van der Waals surface area contributed by atoms with Crippen LogP contribution in [0.4, 0.5) is 0 Å². The molecule has 2 heterocycles. The van der Waals surface area contributed by atoms with Crippen LogP contribution in [0.15, 0.2) is 4.47 Å². The molecule has 22 heavy (non-hydrogen) atoms. The number of fused-ring (bicyclic) bond motifs is 2. The van der Waals surface area contributed by atoms with Gasteiger partial charge in [-0.05, 0) is 42.6 Å². The van der Waals surface area contributed by atoms with E-state index in [9.17, 15) is 9.90 Å². The monoisotopic (exact) mass is 366 g/mol. The van der Waals surface area contributed by atoms with E-state index in [0.717, 1.165) is 58.3 Å². The van der Waals surface area contributed by atoms with Crippen molar-refractivity contribution in [2.75, 3.05) is 0 Å². The summed E-state index contributed by atoms with van der Waals surface area (Å²) in [4.78, 5) is 11.3. The molecule has 1 aliphatic carbocycles. The lowest BCUT2D eigenvalue weighted by Crippen LogP contribution is -2.17. The molecule has 4 nitrogen and oxygen atoms in total. The second-order valence-electron chi connectivity index (χ2n) is 6.92. The molecule has 5 heteroatoms.